The third-order valence-corrected chi connectivity index (χ3v) is 5.58. The first-order valence-electron chi connectivity index (χ1n) is 13.2. The fraction of sp³-hybridized carbons (Fsp3) is 0.222. The van der Waals surface area contributed by atoms with Gasteiger partial charge in [-0.15, -0.1) is 11.5 Å². The number of allylic oxidation sites excluding steroid dienone is 8. The molecule has 2 nitrogen and oxygen atoms in total. The molecule has 3 heteroatoms. The van der Waals surface area contributed by atoms with Crippen LogP contribution < -0.4 is 10.2 Å². The topological polar surface area (TPSA) is 46.1 Å². The fourth-order valence-electron chi connectivity index (χ4n) is 4.17. The summed E-state index contributed by atoms with van der Waals surface area (Å²) in [5.74, 6) is 0.125. The summed E-state index contributed by atoms with van der Waals surface area (Å²) in [7, 11) is 0. The van der Waals surface area contributed by atoms with Crippen molar-refractivity contribution in [2.75, 3.05) is 0 Å². The Hall–Kier alpha value is -2.78. The molecule has 2 aromatic rings. The Balaban J connectivity index is 0.000000722. The molecule has 2 rings (SSSR count). The van der Waals surface area contributed by atoms with Gasteiger partial charge in [-0.05, 0) is 99.9 Å². The van der Waals surface area contributed by atoms with E-state index in [1.165, 1.54) is 0 Å². The Labute approximate surface area is 266 Å². The Morgan fingerprint density at radius 3 is 0.846 bits per heavy atom. The van der Waals surface area contributed by atoms with Gasteiger partial charge in [-0.25, -0.2) is 0 Å². The summed E-state index contributed by atoms with van der Waals surface area (Å²) in [6, 6.07) is 3.41. The fourth-order valence-corrected chi connectivity index (χ4v) is 4.17. The molecule has 0 saturated carbocycles. The number of hydrogen-bond acceptors (Lipinski definition) is 2. The largest absolute Gasteiger partial charge is 2.00 e. The van der Waals surface area contributed by atoms with Gasteiger partial charge in [0.25, 0.3) is 0 Å². The zero-order chi connectivity index (χ0) is 28.5. The number of hydrogen-bond donors (Lipinski definition) is 0. The van der Waals surface area contributed by atoms with Gasteiger partial charge in [0, 0.05) is 0 Å². The Morgan fingerprint density at radius 2 is 0.590 bits per heavy atom. The van der Waals surface area contributed by atoms with Crippen LogP contribution in [0.5, 0.6) is 11.5 Å². The second-order valence-corrected chi connectivity index (χ2v) is 8.41. The summed E-state index contributed by atoms with van der Waals surface area (Å²) >= 11 is 0. The molecule has 0 radical (unpaired) electrons. The van der Waals surface area contributed by atoms with Crippen molar-refractivity contribution in [2.24, 2.45) is 0 Å². The molecule has 0 aromatic heterocycles. The van der Waals surface area contributed by atoms with E-state index in [2.05, 4.69) is 12.2 Å². The summed E-state index contributed by atoms with van der Waals surface area (Å²) in [5.41, 5.74) is 7.58. The van der Waals surface area contributed by atoms with Crippen LogP contribution in [0, 0.1) is 0 Å². The van der Waals surface area contributed by atoms with Crippen LogP contribution in [-0.4, -0.2) is 37.7 Å². The molecule has 0 spiro atoms. The van der Waals surface area contributed by atoms with Crippen molar-refractivity contribution in [3.05, 3.63) is 105 Å². The van der Waals surface area contributed by atoms with E-state index >= 15 is 0 Å². The maximum Gasteiger partial charge on any atom is 2.00 e. The van der Waals surface area contributed by atoms with Crippen molar-refractivity contribution in [1.82, 2.24) is 0 Å². The minimum Gasteiger partial charge on any atom is -0.872 e. The standard InChI is InChI=1S/2C18H22O.Ca/c2*1-5-9-14-13-18(19)17(12-8-4)16(11-7-3)15(14)10-6-2;/h2*5-13,19H,1-4H3;/q;;+2/p-2. The van der Waals surface area contributed by atoms with E-state index in [1.54, 1.807) is 12.1 Å². The Morgan fingerprint density at radius 1 is 0.359 bits per heavy atom. The second kappa shape index (κ2) is 20.2. The van der Waals surface area contributed by atoms with Gasteiger partial charge >= 0.3 is 37.7 Å². The number of rotatable bonds is 8. The van der Waals surface area contributed by atoms with Crippen LogP contribution in [0.2, 0.25) is 0 Å². The monoisotopic (exact) mass is 546 g/mol. The first-order valence-corrected chi connectivity index (χ1v) is 13.2. The molecule has 0 bridgehead atoms. The molecule has 0 heterocycles. The molecular formula is C36H42CaO2. The average Bonchev–Trinajstić information content (AvgIpc) is 2.89. The molecule has 2 aromatic carbocycles. The van der Waals surface area contributed by atoms with Crippen LogP contribution in [0.1, 0.15) is 99.9 Å². The van der Waals surface area contributed by atoms with Crippen molar-refractivity contribution >= 4 is 86.3 Å². The third-order valence-electron chi connectivity index (χ3n) is 5.58. The summed E-state index contributed by atoms with van der Waals surface area (Å²) in [6.07, 6.45) is 31.5. The van der Waals surface area contributed by atoms with Crippen LogP contribution in [0.15, 0.2) is 60.7 Å². The minimum atomic E-state index is 0. The van der Waals surface area contributed by atoms with Crippen molar-refractivity contribution in [3.63, 3.8) is 0 Å². The van der Waals surface area contributed by atoms with Crippen LogP contribution in [0.4, 0.5) is 0 Å². The van der Waals surface area contributed by atoms with E-state index in [1.807, 2.05) is 140 Å². The maximum atomic E-state index is 12.2. The normalized spacial score (nSPS) is 12.3. The summed E-state index contributed by atoms with van der Waals surface area (Å²) in [4.78, 5) is 0. The molecule has 0 aliphatic heterocycles. The van der Waals surface area contributed by atoms with Gasteiger partial charge in [-0.2, -0.15) is 0 Å². The molecule has 0 N–H and O–H groups in total. The average molecular weight is 547 g/mol. The van der Waals surface area contributed by atoms with Gasteiger partial charge < -0.3 is 10.2 Å². The molecular weight excluding hydrogens is 504 g/mol. The predicted octanol–water partition coefficient (Wildman–Crippen LogP) is 9.40. The van der Waals surface area contributed by atoms with E-state index in [0.717, 1.165) is 44.5 Å². The summed E-state index contributed by atoms with van der Waals surface area (Å²) in [5, 5.41) is 24.4. The van der Waals surface area contributed by atoms with Crippen molar-refractivity contribution in [1.29, 1.82) is 0 Å². The maximum absolute atomic E-state index is 12.2. The van der Waals surface area contributed by atoms with Crippen LogP contribution in [0.3, 0.4) is 0 Å². The molecule has 0 fully saturated rings. The Bertz CT molecular complexity index is 1190. The molecule has 0 aliphatic carbocycles. The van der Waals surface area contributed by atoms with E-state index in [-0.39, 0.29) is 49.2 Å². The van der Waals surface area contributed by atoms with Crippen molar-refractivity contribution in [3.8, 4) is 11.5 Å². The predicted molar refractivity (Wildman–Crippen MR) is 175 cm³/mol. The third kappa shape index (κ3) is 10.4. The van der Waals surface area contributed by atoms with E-state index in [4.69, 9.17) is 0 Å². The molecule has 200 valence electrons. The first-order chi connectivity index (χ1) is 18.4. The molecule has 0 amide bonds. The van der Waals surface area contributed by atoms with Gasteiger partial charge in [0.2, 0.25) is 0 Å². The quantitative estimate of drug-likeness (QED) is 0.310. The van der Waals surface area contributed by atoms with Gasteiger partial charge in [0.15, 0.2) is 0 Å². The SMILES string of the molecule is CC=Cc1cc([O-])c(C=CC)c(C=CC)c1C=CC.CC=Cc1cc([O-])c(C=CC)c(C=CC)c1C=CC.[Ca+2]. The molecule has 0 atom stereocenters. The van der Waals surface area contributed by atoms with Gasteiger partial charge in [0.1, 0.15) is 0 Å². The summed E-state index contributed by atoms with van der Waals surface area (Å²) < 4.78 is 0. The van der Waals surface area contributed by atoms with E-state index < -0.39 is 0 Å². The molecule has 39 heavy (non-hydrogen) atoms. The Kier molecular flexibility index (Phi) is 18.7. The van der Waals surface area contributed by atoms with Gasteiger partial charge in [-0.1, -0.05) is 109 Å². The zero-order valence-corrected chi connectivity index (χ0v) is 27.1. The van der Waals surface area contributed by atoms with Crippen LogP contribution in [0.25, 0.3) is 48.6 Å². The zero-order valence-electron chi connectivity index (χ0n) is 24.9. The first kappa shape index (κ1) is 36.2. The molecule has 0 aliphatic rings. The molecule has 0 unspecified atom stereocenters. The number of benzene rings is 2. The van der Waals surface area contributed by atoms with Gasteiger partial charge in [-0.3, -0.25) is 0 Å². The van der Waals surface area contributed by atoms with E-state index in [0.29, 0.717) is 0 Å². The van der Waals surface area contributed by atoms with Crippen LogP contribution in [-0.2, 0) is 0 Å². The van der Waals surface area contributed by atoms with Crippen LogP contribution >= 0.6 is 0 Å². The summed E-state index contributed by atoms with van der Waals surface area (Å²) in [6.45, 7) is 15.7. The van der Waals surface area contributed by atoms with E-state index in [9.17, 15) is 10.2 Å². The van der Waals surface area contributed by atoms with Crippen molar-refractivity contribution < 1.29 is 10.2 Å². The second-order valence-electron chi connectivity index (χ2n) is 8.41. The minimum absolute atomic E-state index is 0. The molecule has 0 saturated heterocycles. The van der Waals surface area contributed by atoms with Crippen molar-refractivity contribution in [2.45, 2.75) is 55.4 Å². The smallest absolute Gasteiger partial charge is 0.872 e. The van der Waals surface area contributed by atoms with Gasteiger partial charge in [0.05, 0.1) is 0 Å².